The summed E-state index contributed by atoms with van der Waals surface area (Å²) in [4.78, 5) is 5.59. The second-order valence-corrected chi connectivity index (χ2v) is 5.75. The largest absolute Gasteiger partial charge is 0.310 e. The van der Waals surface area contributed by atoms with E-state index in [1.807, 2.05) is 12.3 Å². The lowest BCUT2D eigenvalue weighted by Crippen LogP contribution is -2.21. The van der Waals surface area contributed by atoms with E-state index in [9.17, 15) is 4.39 Å². The number of nitrogens with zero attached hydrogens (tertiary/aromatic N) is 1. The maximum atomic E-state index is 13.2. The summed E-state index contributed by atoms with van der Waals surface area (Å²) in [5, 5.41) is 4.30. The average Bonchev–Trinajstić information content (AvgIpc) is 2.79. The third-order valence-corrected chi connectivity index (χ3v) is 3.69. The third kappa shape index (κ3) is 3.15. The Hall–Kier alpha value is -1.26. The van der Waals surface area contributed by atoms with Gasteiger partial charge >= 0.3 is 0 Å². The Morgan fingerprint density at radius 1 is 1.39 bits per heavy atom. The summed E-state index contributed by atoms with van der Waals surface area (Å²) in [6, 6.07) is 5.58. The lowest BCUT2D eigenvalue weighted by Gasteiger charge is -2.04. The molecule has 0 unspecified atom stereocenters. The van der Waals surface area contributed by atoms with E-state index in [1.54, 1.807) is 24.3 Å². The van der Waals surface area contributed by atoms with Crippen LogP contribution in [0.5, 0.6) is 0 Å². The van der Waals surface area contributed by atoms with Gasteiger partial charge in [0.2, 0.25) is 0 Å². The zero-order chi connectivity index (χ0) is 13.1. The fraction of sp³-hybridized carbons (Fsp3) is 0.357. The first-order chi connectivity index (χ1) is 8.56. The Morgan fingerprint density at radius 3 is 2.83 bits per heavy atom. The van der Waals surface area contributed by atoms with Crippen LogP contribution < -0.4 is 5.32 Å². The van der Waals surface area contributed by atoms with Gasteiger partial charge in [0.1, 0.15) is 10.8 Å². The number of hydrogen-bond donors (Lipinski definition) is 1. The molecule has 1 aromatic carbocycles. The molecule has 18 heavy (non-hydrogen) atoms. The molecule has 0 amide bonds. The van der Waals surface area contributed by atoms with Gasteiger partial charge in [-0.25, -0.2) is 9.37 Å². The molecule has 96 valence electrons. The van der Waals surface area contributed by atoms with Crippen LogP contribution in [-0.4, -0.2) is 11.0 Å². The van der Waals surface area contributed by atoms with Crippen molar-refractivity contribution in [1.82, 2.24) is 10.3 Å². The molecule has 0 atom stereocenters. The van der Waals surface area contributed by atoms with Gasteiger partial charge < -0.3 is 5.32 Å². The minimum absolute atomic E-state index is 0.169. The van der Waals surface area contributed by atoms with E-state index in [0.29, 0.717) is 11.6 Å². The Kier molecular flexibility index (Phi) is 4.09. The first-order valence-corrected chi connectivity index (χ1v) is 6.82. The van der Waals surface area contributed by atoms with Crippen LogP contribution >= 0.6 is 11.3 Å². The third-order valence-electron chi connectivity index (χ3n) is 2.64. The van der Waals surface area contributed by atoms with E-state index in [4.69, 9.17) is 0 Å². The van der Waals surface area contributed by atoms with Crippen LogP contribution in [0.25, 0.3) is 10.6 Å². The van der Waals surface area contributed by atoms with Crippen molar-refractivity contribution in [3.05, 3.63) is 40.7 Å². The number of aryl methyl sites for hydroxylation is 1. The molecule has 0 aliphatic heterocycles. The lowest BCUT2D eigenvalue weighted by atomic mass is 10.1. The van der Waals surface area contributed by atoms with Gasteiger partial charge in [-0.05, 0) is 30.7 Å². The van der Waals surface area contributed by atoms with Gasteiger partial charge in [0.15, 0.2) is 0 Å². The smallest absolute Gasteiger partial charge is 0.126 e. The van der Waals surface area contributed by atoms with E-state index in [1.165, 1.54) is 10.9 Å². The predicted octanol–water partition coefficient (Wildman–Crippen LogP) is 3.76. The van der Waals surface area contributed by atoms with E-state index in [0.717, 1.165) is 17.1 Å². The molecule has 0 aliphatic rings. The zero-order valence-electron chi connectivity index (χ0n) is 10.8. The summed E-state index contributed by atoms with van der Waals surface area (Å²) in [5.74, 6) is -0.169. The molecule has 0 spiro atoms. The van der Waals surface area contributed by atoms with Crippen molar-refractivity contribution in [3.63, 3.8) is 0 Å². The van der Waals surface area contributed by atoms with Crippen molar-refractivity contribution in [1.29, 1.82) is 0 Å². The number of thiazole rings is 1. The maximum Gasteiger partial charge on any atom is 0.126 e. The fourth-order valence-corrected chi connectivity index (χ4v) is 2.46. The number of hydrogen-bond acceptors (Lipinski definition) is 3. The summed E-state index contributed by atoms with van der Waals surface area (Å²) in [7, 11) is 0. The van der Waals surface area contributed by atoms with E-state index >= 15 is 0 Å². The first-order valence-electron chi connectivity index (χ1n) is 6.01. The van der Waals surface area contributed by atoms with Crippen molar-refractivity contribution >= 4 is 11.3 Å². The van der Waals surface area contributed by atoms with Crippen molar-refractivity contribution in [2.24, 2.45) is 0 Å². The summed E-state index contributed by atoms with van der Waals surface area (Å²) in [6.07, 6.45) is 1.88. The Bertz CT molecular complexity index is 534. The topological polar surface area (TPSA) is 24.9 Å². The molecule has 0 fully saturated rings. The molecule has 0 saturated carbocycles. The molecule has 0 radical (unpaired) electrons. The SMILES string of the molecule is Cc1cc(-c2ncc(CNC(C)C)s2)ccc1F. The van der Waals surface area contributed by atoms with Crippen LogP contribution in [0.4, 0.5) is 4.39 Å². The van der Waals surface area contributed by atoms with Gasteiger partial charge in [0.25, 0.3) is 0 Å². The van der Waals surface area contributed by atoms with Gasteiger partial charge in [0, 0.05) is 29.2 Å². The van der Waals surface area contributed by atoms with Gasteiger partial charge in [-0.1, -0.05) is 13.8 Å². The Labute approximate surface area is 111 Å². The molecule has 2 rings (SSSR count). The van der Waals surface area contributed by atoms with Crippen LogP contribution in [0.3, 0.4) is 0 Å². The number of nitrogens with one attached hydrogen (secondary N) is 1. The molecule has 0 aliphatic carbocycles. The van der Waals surface area contributed by atoms with Crippen LogP contribution in [0, 0.1) is 12.7 Å². The van der Waals surface area contributed by atoms with Crippen molar-refractivity contribution in [3.8, 4) is 10.6 Å². The van der Waals surface area contributed by atoms with Crippen LogP contribution in [0.15, 0.2) is 24.4 Å². The van der Waals surface area contributed by atoms with Crippen molar-refractivity contribution < 1.29 is 4.39 Å². The second kappa shape index (κ2) is 5.59. The van der Waals surface area contributed by atoms with Gasteiger partial charge in [-0.15, -0.1) is 11.3 Å². The maximum absolute atomic E-state index is 13.2. The highest BCUT2D eigenvalue weighted by molar-refractivity contribution is 7.15. The van der Waals surface area contributed by atoms with E-state index in [2.05, 4.69) is 24.1 Å². The summed E-state index contributed by atoms with van der Waals surface area (Å²) >= 11 is 1.65. The molecule has 0 saturated heterocycles. The molecular weight excluding hydrogens is 247 g/mol. The Balaban J connectivity index is 2.16. The van der Waals surface area contributed by atoms with Crippen molar-refractivity contribution in [2.45, 2.75) is 33.4 Å². The number of benzene rings is 1. The Morgan fingerprint density at radius 2 is 2.17 bits per heavy atom. The quantitative estimate of drug-likeness (QED) is 0.909. The monoisotopic (exact) mass is 264 g/mol. The van der Waals surface area contributed by atoms with E-state index < -0.39 is 0 Å². The average molecular weight is 264 g/mol. The van der Waals surface area contributed by atoms with Crippen LogP contribution in [-0.2, 0) is 6.54 Å². The zero-order valence-corrected chi connectivity index (χ0v) is 11.6. The summed E-state index contributed by atoms with van der Waals surface area (Å²) in [5.41, 5.74) is 1.64. The normalized spacial score (nSPS) is 11.2. The molecule has 1 N–H and O–H groups in total. The number of rotatable bonds is 4. The fourth-order valence-electron chi connectivity index (χ4n) is 1.61. The molecular formula is C14H17FN2S. The molecule has 1 aromatic heterocycles. The first kappa shape index (κ1) is 13.2. The lowest BCUT2D eigenvalue weighted by molar-refractivity contribution is 0.593. The second-order valence-electron chi connectivity index (χ2n) is 4.63. The minimum Gasteiger partial charge on any atom is -0.310 e. The van der Waals surface area contributed by atoms with Gasteiger partial charge in [0.05, 0.1) is 0 Å². The van der Waals surface area contributed by atoms with Gasteiger partial charge in [-0.3, -0.25) is 0 Å². The minimum atomic E-state index is -0.169. The van der Waals surface area contributed by atoms with Crippen LogP contribution in [0.1, 0.15) is 24.3 Å². The summed E-state index contributed by atoms with van der Waals surface area (Å²) in [6.45, 7) is 6.83. The molecule has 2 aromatic rings. The molecule has 0 bridgehead atoms. The number of halogens is 1. The predicted molar refractivity (Wildman–Crippen MR) is 74.2 cm³/mol. The highest BCUT2D eigenvalue weighted by Crippen LogP contribution is 2.26. The molecule has 1 heterocycles. The summed E-state index contributed by atoms with van der Waals surface area (Å²) < 4.78 is 13.2. The highest BCUT2D eigenvalue weighted by Gasteiger charge is 2.07. The van der Waals surface area contributed by atoms with Crippen molar-refractivity contribution in [2.75, 3.05) is 0 Å². The standard InChI is InChI=1S/C14H17FN2S/c1-9(2)16-7-12-8-17-14(18-12)11-4-5-13(15)10(3)6-11/h4-6,8-9,16H,7H2,1-3H3. The van der Waals surface area contributed by atoms with Crippen LogP contribution in [0.2, 0.25) is 0 Å². The van der Waals surface area contributed by atoms with Gasteiger partial charge in [-0.2, -0.15) is 0 Å². The van der Waals surface area contributed by atoms with E-state index in [-0.39, 0.29) is 5.82 Å². The molecule has 2 nitrogen and oxygen atoms in total. The number of aromatic nitrogens is 1. The molecule has 4 heteroatoms. The highest BCUT2D eigenvalue weighted by atomic mass is 32.1.